The normalized spacial score (nSPS) is 49.3. The number of ether oxygens (including phenoxy) is 6. The summed E-state index contributed by atoms with van der Waals surface area (Å²) >= 11 is 0. The van der Waals surface area contributed by atoms with Crippen LogP contribution in [0, 0.1) is 52.3 Å². The molecule has 4 saturated carbocycles. The Kier molecular flexibility index (Phi) is 14.0. The number of methoxy groups -OCH3 is 2. The maximum atomic E-state index is 12.1. The molecule has 0 unspecified atom stereocenters. The molecule has 6 rings (SSSR count). The Balaban J connectivity index is 1.15. The summed E-state index contributed by atoms with van der Waals surface area (Å²) in [5.41, 5.74) is -0.835. The molecule has 17 heteroatoms. The zero-order chi connectivity index (χ0) is 41.1. The van der Waals surface area contributed by atoms with Gasteiger partial charge in [-0.05, 0) is 97.7 Å². The highest BCUT2D eigenvalue weighted by Crippen LogP contribution is 2.69. The first-order valence-electron chi connectivity index (χ1n) is 20.6. The third-order valence-corrected chi connectivity index (χ3v) is 15.9. The number of aliphatic hydroxyl groups is 6. The van der Waals surface area contributed by atoms with Crippen LogP contribution in [0.15, 0.2) is 0 Å². The molecule has 0 aromatic heterocycles. The van der Waals surface area contributed by atoms with Crippen molar-refractivity contribution in [3.63, 3.8) is 0 Å². The predicted octanol–water partition coefficient (Wildman–Crippen LogP) is 1.41. The highest BCUT2D eigenvalue weighted by atomic mass is 32.3. The quantitative estimate of drug-likeness (QED) is 0.123. The summed E-state index contributed by atoms with van der Waals surface area (Å²) < 4.78 is 74.6. The van der Waals surface area contributed by atoms with E-state index in [9.17, 15) is 43.6 Å². The SMILES string of the molecule is CO[C@H]1[C@H](O[C@H]2[C@@H](O[C@@H](CC[C@@H](C)[C@H]3C[C@@H](O)[C@H]4[C@@H]5C[C@H](OS(=O)(=O)O)[C@H]6[C@@H](O)[C@@H](O)CC[C@]6(C)[C@H]5CC[C@@]43C)C(C)C)O[C@H](CO)[C@@H]2O)OC[C@@H](OC)[C@@H]1O. The number of rotatable bonds is 14. The largest absolute Gasteiger partial charge is 0.397 e. The van der Waals surface area contributed by atoms with E-state index < -0.39 is 102 Å². The van der Waals surface area contributed by atoms with E-state index in [0.717, 1.165) is 19.3 Å². The van der Waals surface area contributed by atoms with Gasteiger partial charge in [0.15, 0.2) is 12.6 Å². The molecule has 56 heavy (non-hydrogen) atoms. The van der Waals surface area contributed by atoms with Crippen molar-refractivity contribution in [1.82, 2.24) is 0 Å². The molecule has 326 valence electrons. The fourth-order valence-electron chi connectivity index (χ4n) is 12.6. The Morgan fingerprint density at radius 3 is 2.12 bits per heavy atom. The lowest BCUT2D eigenvalue weighted by atomic mass is 9.43. The van der Waals surface area contributed by atoms with Crippen molar-refractivity contribution in [3.8, 4) is 0 Å². The molecule has 4 aliphatic carbocycles. The summed E-state index contributed by atoms with van der Waals surface area (Å²) in [6.45, 7) is 10.1. The van der Waals surface area contributed by atoms with Crippen molar-refractivity contribution in [1.29, 1.82) is 0 Å². The second kappa shape index (κ2) is 17.4. The monoisotopic (exact) mass is 824 g/mol. The van der Waals surface area contributed by atoms with Gasteiger partial charge in [-0.25, -0.2) is 4.18 Å². The van der Waals surface area contributed by atoms with Gasteiger partial charge in [-0.3, -0.25) is 4.55 Å². The number of hydrogen-bond donors (Lipinski definition) is 7. The van der Waals surface area contributed by atoms with Crippen LogP contribution >= 0.6 is 0 Å². The Labute approximate surface area is 331 Å². The van der Waals surface area contributed by atoms with Crippen molar-refractivity contribution in [2.24, 2.45) is 52.3 Å². The predicted molar refractivity (Wildman–Crippen MR) is 198 cm³/mol. The summed E-state index contributed by atoms with van der Waals surface area (Å²) in [6, 6.07) is 0. The molecule has 0 spiro atoms. The van der Waals surface area contributed by atoms with Crippen molar-refractivity contribution >= 4 is 10.4 Å². The van der Waals surface area contributed by atoms with Crippen LogP contribution in [0.1, 0.15) is 86.0 Å². The fourth-order valence-corrected chi connectivity index (χ4v) is 13.1. The molecule has 0 radical (unpaired) electrons. The van der Waals surface area contributed by atoms with E-state index in [2.05, 4.69) is 13.8 Å². The second-order valence-corrected chi connectivity index (χ2v) is 19.7. The first kappa shape index (κ1) is 44.9. The van der Waals surface area contributed by atoms with Crippen LogP contribution < -0.4 is 0 Å². The van der Waals surface area contributed by atoms with E-state index in [-0.39, 0.29) is 60.1 Å². The molecule has 2 aliphatic heterocycles. The number of hydrogen-bond acceptors (Lipinski definition) is 15. The minimum absolute atomic E-state index is 0.0340. The van der Waals surface area contributed by atoms with Gasteiger partial charge in [-0.2, -0.15) is 8.42 Å². The van der Waals surface area contributed by atoms with Gasteiger partial charge in [0.25, 0.3) is 0 Å². The molecule has 6 fully saturated rings. The van der Waals surface area contributed by atoms with Crippen molar-refractivity contribution in [2.45, 2.75) is 166 Å². The topological polar surface area (TPSA) is 240 Å². The smallest absolute Gasteiger partial charge is 0.394 e. The molecular weight excluding hydrogens is 756 g/mol. The van der Waals surface area contributed by atoms with Gasteiger partial charge >= 0.3 is 10.4 Å². The molecule has 2 saturated heterocycles. The summed E-state index contributed by atoms with van der Waals surface area (Å²) in [5, 5.41) is 65.6. The van der Waals surface area contributed by atoms with E-state index >= 15 is 0 Å². The summed E-state index contributed by atoms with van der Waals surface area (Å²) in [6.07, 6.45) is -7.39. The maximum Gasteiger partial charge on any atom is 0.397 e. The van der Waals surface area contributed by atoms with Crippen LogP contribution in [0.5, 0.6) is 0 Å². The van der Waals surface area contributed by atoms with E-state index in [4.69, 9.17) is 32.6 Å². The summed E-state index contributed by atoms with van der Waals surface area (Å²) in [7, 11) is -1.97. The van der Waals surface area contributed by atoms with Gasteiger partial charge in [-0.1, -0.05) is 34.6 Å². The van der Waals surface area contributed by atoms with Gasteiger partial charge in [0, 0.05) is 20.1 Å². The van der Waals surface area contributed by atoms with Gasteiger partial charge in [0.2, 0.25) is 0 Å². The first-order valence-corrected chi connectivity index (χ1v) is 22.0. The lowest BCUT2D eigenvalue weighted by Crippen LogP contribution is -2.64. The molecule has 2 heterocycles. The molecule has 16 nitrogen and oxygen atoms in total. The first-order chi connectivity index (χ1) is 26.3. The Morgan fingerprint density at radius 2 is 1.50 bits per heavy atom. The summed E-state index contributed by atoms with van der Waals surface area (Å²) in [4.78, 5) is 0. The maximum absolute atomic E-state index is 12.1. The van der Waals surface area contributed by atoms with Crippen LogP contribution in [0.3, 0.4) is 0 Å². The Hall–Kier alpha value is -0.610. The number of fused-ring (bicyclic) bond motifs is 5. The molecule has 6 aliphatic rings. The Morgan fingerprint density at radius 1 is 0.804 bits per heavy atom. The van der Waals surface area contributed by atoms with Crippen LogP contribution in [0.25, 0.3) is 0 Å². The van der Waals surface area contributed by atoms with E-state index in [1.165, 1.54) is 14.2 Å². The van der Waals surface area contributed by atoms with E-state index in [1.807, 2.05) is 20.8 Å². The molecule has 0 aromatic carbocycles. The average Bonchev–Trinajstić information content (AvgIpc) is 3.58. The summed E-state index contributed by atoms with van der Waals surface area (Å²) in [5.74, 6) is -0.558. The lowest BCUT2D eigenvalue weighted by molar-refractivity contribution is -0.313. The molecule has 21 atom stereocenters. The molecular formula is C39H68O16S. The molecule has 7 N–H and O–H groups in total. The second-order valence-electron chi connectivity index (χ2n) is 18.6. The highest BCUT2D eigenvalue weighted by molar-refractivity contribution is 7.80. The third kappa shape index (κ3) is 8.36. The van der Waals surface area contributed by atoms with E-state index in [0.29, 0.717) is 25.7 Å². The fraction of sp³-hybridized carbons (Fsp3) is 1.00. The Bertz CT molecular complexity index is 1420. The van der Waals surface area contributed by atoms with Crippen molar-refractivity contribution < 1.29 is 76.2 Å². The molecule has 0 aromatic rings. The standard InChI is InChI=1S/C39H68O16S/c1-18(2)25(52-37-35(32(44)27(16-40)53-37)54-36-34(50-7)33(45)28(49-6)17-51-36)9-8-19(3)22-15-24(42)29-20-14-26(55-56(46,47)48)30-31(43)23(41)11-13-38(30,4)21(20)10-12-39(22,29)5/h18-37,40-45H,8-17H2,1-7H3,(H,46,47,48)/t19-,20-,21+,22-,23+,24-,25+,26+,27-,28-,29-,30+,31+,32+,33+,34-,35-,36+,37+,38-,39-/m1/s1. The van der Waals surface area contributed by atoms with Crippen molar-refractivity contribution in [3.05, 3.63) is 0 Å². The van der Waals surface area contributed by atoms with Crippen LogP contribution in [0.2, 0.25) is 0 Å². The minimum Gasteiger partial charge on any atom is -0.394 e. The minimum atomic E-state index is -4.85. The average molecular weight is 825 g/mol. The van der Waals surface area contributed by atoms with Gasteiger partial charge in [0.05, 0.1) is 43.7 Å². The molecule has 0 bridgehead atoms. The van der Waals surface area contributed by atoms with Gasteiger partial charge < -0.3 is 59.1 Å². The third-order valence-electron chi connectivity index (χ3n) is 15.4. The van der Waals surface area contributed by atoms with Crippen molar-refractivity contribution in [2.75, 3.05) is 27.4 Å². The van der Waals surface area contributed by atoms with Crippen LogP contribution in [-0.2, 0) is 43.0 Å². The number of aliphatic hydroxyl groups excluding tert-OH is 6. The van der Waals surface area contributed by atoms with Crippen LogP contribution in [-0.4, -0.2) is 151 Å². The zero-order valence-electron chi connectivity index (χ0n) is 33.8. The van der Waals surface area contributed by atoms with Crippen LogP contribution in [0.4, 0.5) is 0 Å². The highest BCUT2D eigenvalue weighted by Gasteiger charge is 2.67. The lowest BCUT2D eigenvalue weighted by Gasteiger charge is -2.63. The zero-order valence-corrected chi connectivity index (χ0v) is 34.6. The van der Waals surface area contributed by atoms with Gasteiger partial charge in [0.1, 0.15) is 36.6 Å². The molecule has 0 amide bonds. The van der Waals surface area contributed by atoms with Gasteiger partial charge in [-0.15, -0.1) is 0 Å². The van der Waals surface area contributed by atoms with E-state index in [1.54, 1.807) is 0 Å².